The Labute approximate surface area is 252 Å². The maximum atomic E-state index is 12.6. The zero-order valence-corrected chi connectivity index (χ0v) is 24.2. The highest BCUT2D eigenvalue weighted by Gasteiger charge is 2.29. The molecule has 0 unspecified atom stereocenters. The standard InChI is InChI=1S/C30H22N6O6S2/c37-43(38,39)27-17-9-7-15-23(27)29(35-31-19-25(33-35)21-11-3-1-4-12-21)30(24-16-8-10-18-28(24)44(40,41)42)36-32-20-26(34-36)22-13-5-2-6-14-22/h1-20H,(H,37,38,39)(H,40,41,42). The Bertz CT molecular complexity index is 2070. The Morgan fingerprint density at radius 1 is 0.500 bits per heavy atom. The van der Waals surface area contributed by atoms with Crippen LogP contribution in [0.15, 0.2) is 131 Å². The van der Waals surface area contributed by atoms with Crippen LogP contribution >= 0.6 is 0 Å². The van der Waals surface area contributed by atoms with Crippen molar-refractivity contribution in [2.24, 2.45) is 0 Å². The third-order valence-corrected chi connectivity index (χ3v) is 8.41. The fourth-order valence-corrected chi connectivity index (χ4v) is 6.04. The summed E-state index contributed by atoms with van der Waals surface area (Å²) in [4.78, 5) is 1.19. The van der Waals surface area contributed by atoms with Crippen LogP contribution in [-0.2, 0) is 20.2 Å². The molecule has 6 aromatic rings. The van der Waals surface area contributed by atoms with Crippen LogP contribution < -0.4 is 0 Å². The molecule has 12 nitrogen and oxygen atoms in total. The molecule has 0 fully saturated rings. The first-order valence-electron chi connectivity index (χ1n) is 13.0. The van der Waals surface area contributed by atoms with Gasteiger partial charge in [0, 0.05) is 22.3 Å². The average Bonchev–Trinajstić information content (AvgIpc) is 3.71. The van der Waals surface area contributed by atoms with E-state index < -0.39 is 30.0 Å². The van der Waals surface area contributed by atoms with Gasteiger partial charge in [-0.1, -0.05) is 97.1 Å². The van der Waals surface area contributed by atoms with Crippen LogP contribution in [0, 0.1) is 0 Å². The second kappa shape index (κ2) is 11.4. The van der Waals surface area contributed by atoms with Crippen molar-refractivity contribution in [2.75, 3.05) is 0 Å². The van der Waals surface area contributed by atoms with E-state index in [1.807, 2.05) is 36.4 Å². The summed E-state index contributed by atoms with van der Waals surface area (Å²) in [6.07, 6.45) is 2.90. The number of benzene rings is 4. The zero-order chi connectivity index (χ0) is 30.9. The van der Waals surface area contributed by atoms with Crippen molar-refractivity contribution in [1.82, 2.24) is 30.0 Å². The van der Waals surface area contributed by atoms with Crippen molar-refractivity contribution >= 4 is 31.6 Å². The minimum atomic E-state index is -4.83. The lowest BCUT2D eigenvalue weighted by atomic mass is 10.0. The Morgan fingerprint density at radius 2 is 0.841 bits per heavy atom. The van der Waals surface area contributed by atoms with Gasteiger partial charge in [0.1, 0.15) is 32.6 Å². The number of hydrogen-bond donors (Lipinski definition) is 2. The Kier molecular flexibility index (Phi) is 7.48. The number of hydrogen-bond acceptors (Lipinski definition) is 8. The molecule has 0 atom stereocenters. The predicted molar refractivity (Wildman–Crippen MR) is 161 cm³/mol. The molecule has 0 aliphatic carbocycles. The Morgan fingerprint density at radius 3 is 1.20 bits per heavy atom. The van der Waals surface area contributed by atoms with Gasteiger partial charge in [-0.2, -0.15) is 27.0 Å². The van der Waals surface area contributed by atoms with Gasteiger partial charge in [0.25, 0.3) is 20.2 Å². The summed E-state index contributed by atoms with van der Waals surface area (Å²) in [5.74, 6) is 0. The molecular weight excluding hydrogens is 604 g/mol. The normalized spacial score (nSPS) is 12.6. The van der Waals surface area contributed by atoms with Crippen molar-refractivity contribution in [3.8, 4) is 22.5 Å². The maximum Gasteiger partial charge on any atom is 0.295 e. The molecule has 6 rings (SSSR count). The zero-order valence-electron chi connectivity index (χ0n) is 22.6. The monoisotopic (exact) mass is 626 g/mol. The average molecular weight is 627 g/mol. The minimum Gasteiger partial charge on any atom is -0.282 e. The van der Waals surface area contributed by atoms with Gasteiger partial charge in [-0.05, 0) is 12.1 Å². The molecule has 0 radical (unpaired) electrons. The summed E-state index contributed by atoms with van der Waals surface area (Å²) in [5.41, 5.74) is 1.82. The largest absolute Gasteiger partial charge is 0.295 e. The summed E-state index contributed by atoms with van der Waals surface area (Å²) < 4.78 is 71.0. The van der Waals surface area contributed by atoms with E-state index in [-0.39, 0.29) is 22.5 Å². The molecule has 44 heavy (non-hydrogen) atoms. The third kappa shape index (κ3) is 5.69. The summed E-state index contributed by atoms with van der Waals surface area (Å²) in [7, 11) is -9.65. The van der Waals surface area contributed by atoms with E-state index >= 15 is 0 Å². The SMILES string of the molecule is O=S(=O)(O)c1ccccc1C(=C(c1ccccc1S(=O)(=O)O)n1ncc(-c2ccccc2)n1)n1ncc(-c2ccccc2)n1. The molecule has 0 aliphatic rings. The van der Waals surface area contributed by atoms with Crippen molar-refractivity contribution in [1.29, 1.82) is 0 Å². The molecule has 0 aliphatic heterocycles. The van der Waals surface area contributed by atoms with E-state index in [9.17, 15) is 25.9 Å². The van der Waals surface area contributed by atoms with Gasteiger partial charge < -0.3 is 0 Å². The first-order valence-corrected chi connectivity index (χ1v) is 15.8. The van der Waals surface area contributed by atoms with Crippen molar-refractivity contribution in [2.45, 2.75) is 9.79 Å². The van der Waals surface area contributed by atoms with E-state index in [0.717, 1.165) is 9.59 Å². The fraction of sp³-hybridized carbons (Fsp3) is 0. The second-order valence-corrected chi connectivity index (χ2v) is 12.2. The summed E-state index contributed by atoms with van der Waals surface area (Å²) in [6, 6.07) is 29.2. The predicted octanol–water partition coefficient (Wildman–Crippen LogP) is 4.62. The van der Waals surface area contributed by atoms with Crippen molar-refractivity contribution in [3.63, 3.8) is 0 Å². The molecule has 220 valence electrons. The van der Waals surface area contributed by atoms with Gasteiger partial charge in [-0.15, -0.1) is 19.8 Å². The van der Waals surface area contributed by atoms with Crippen LogP contribution in [-0.4, -0.2) is 55.9 Å². The molecular formula is C30H22N6O6S2. The van der Waals surface area contributed by atoms with Crippen LogP contribution in [0.3, 0.4) is 0 Å². The third-order valence-electron chi connectivity index (χ3n) is 6.59. The van der Waals surface area contributed by atoms with E-state index in [4.69, 9.17) is 0 Å². The first kappa shape index (κ1) is 28.8. The van der Waals surface area contributed by atoms with Crippen LogP contribution in [0.2, 0.25) is 0 Å². The molecule has 2 N–H and O–H groups in total. The Hall–Kier alpha value is -5.28. The molecule has 2 heterocycles. The number of aromatic nitrogens is 6. The highest BCUT2D eigenvalue weighted by molar-refractivity contribution is 7.86. The quantitative estimate of drug-likeness (QED) is 0.179. The molecule has 0 saturated carbocycles. The molecule has 0 spiro atoms. The highest BCUT2D eigenvalue weighted by Crippen LogP contribution is 2.35. The van der Waals surface area contributed by atoms with Crippen LogP contribution in [0.4, 0.5) is 0 Å². The number of nitrogens with zero attached hydrogens (tertiary/aromatic N) is 6. The van der Waals surface area contributed by atoms with Crippen LogP contribution in [0.25, 0.3) is 33.9 Å². The van der Waals surface area contributed by atoms with Crippen LogP contribution in [0.1, 0.15) is 11.1 Å². The molecule has 4 aromatic carbocycles. The summed E-state index contributed by atoms with van der Waals surface area (Å²) in [6.45, 7) is 0. The molecule has 0 amide bonds. The topological polar surface area (TPSA) is 170 Å². The summed E-state index contributed by atoms with van der Waals surface area (Å²) >= 11 is 0. The van der Waals surface area contributed by atoms with E-state index in [2.05, 4.69) is 20.4 Å². The maximum absolute atomic E-state index is 12.6. The highest BCUT2D eigenvalue weighted by atomic mass is 32.2. The molecule has 14 heteroatoms. The lowest BCUT2D eigenvalue weighted by Gasteiger charge is -2.18. The van der Waals surface area contributed by atoms with Crippen molar-refractivity contribution < 1.29 is 25.9 Å². The van der Waals surface area contributed by atoms with Gasteiger partial charge in [-0.25, -0.2) is 0 Å². The first-order chi connectivity index (χ1) is 21.1. The van der Waals surface area contributed by atoms with Crippen LogP contribution in [0.5, 0.6) is 0 Å². The summed E-state index contributed by atoms with van der Waals surface area (Å²) in [5, 5.41) is 18.0. The van der Waals surface area contributed by atoms with Gasteiger partial charge >= 0.3 is 0 Å². The lowest BCUT2D eigenvalue weighted by Crippen LogP contribution is -2.17. The van der Waals surface area contributed by atoms with Gasteiger partial charge in [-0.3, -0.25) is 9.11 Å². The lowest BCUT2D eigenvalue weighted by molar-refractivity contribution is 0.480. The number of rotatable bonds is 8. The Balaban J connectivity index is 1.76. The smallest absolute Gasteiger partial charge is 0.282 e. The van der Waals surface area contributed by atoms with Gasteiger partial charge in [0.05, 0.1) is 12.4 Å². The van der Waals surface area contributed by atoms with E-state index in [1.165, 1.54) is 60.9 Å². The second-order valence-electron chi connectivity index (χ2n) is 9.41. The van der Waals surface area contributed by atoms with Gasteiger partial charge in [0.2, 0.25) is 0 Å². The molecule has 0 saturated heterocycles. The molecule has 2 aromatic heterocycles. The fourth-order valence-electron chi connectivity index (χ4n) is 4.66. The van der Waals surface area contributed by atoms with Crippen molar-refractivity contribution in [3.05, 3.63) is 133 Å². The minimum absolute atomic E-state index is 0.0936. The van der Waals surface area contributed by atoms with Gasteiger partial charge in [0.15, 0.2) is 0 Å². The van der Waals surface area contributed by atoms with E-state index in [1.54, 1.807) is 24.3 Å². The molecule has 0 bridgehead atoms. The van der Waals surface area contributed by atoms with E-state index in [0.29, 0.717) is 22.5 Å².